The molecular weight excluding hydrogens is 288 g/mol. The van der Waals surface area contributed by atoms with Crippen LogP contribution in [0.15, 0.2) is 36.4 Å². The molecule has 1 aromatic heterocycles. The van der Waals surface area contributed by atoms with E-state index in [0.29, 0.717) is 27.5 Å². The summed E-state index contributed by atoms with van der Waals surface area (Å²) in [4.78, 5) is 12.3. The molecule has 0 radical (unpaired) electrons. The Morgan fingerprint density at radius 3 is 2.86 bits per heavy atom. The van der Waals surface area contributed by atoms with Crippen molar-refractivity contribution in [1.29, 1.82) is 0 Å². The van der Waals surface area contributed by atoms with Crippen molar-refractivity contribution in [2.75, 3.05) is 11.1 Å². The molecule has 21 heavy (non-hydrogen) atoms. The molecule has 1 amide bonds. The summed E-state index contributed by atoms with van der Waals surface area (Å²) in [7, 11) is 0. The van der Waals surface area contributed by atoms with E-state index in [9.17, 15) is 4.79 Å². The van der Waals surface area contributed by atoms with Gasteiger partial charge in [0.15, 0.2) is 5.69 Å². The van der Waals surface area contributed by atoms with E-state index in [1.807, 2.05) is 13.0 Å². The van der Waals surface area contributed by atoms with Crippen molar-refractivity contribution >= 4 is 39.8 Å². The van der Waals surface area contributed by atoms with Gasteiger partial charge in [-0.3, -0.25) is 9.89 Å². The molecule has 0 bridgehead atoms. The number of aromatic amines is 1. The molecule has 3 rings (SSSR count). The third kappa shape index (κ3) is 2.55. The van der Waals surface area contributed by atoms with Gasteiger partial charge in [0.2, 0.25) is 0 Å². The maximum atomic E-state index is 12.3. The highest BCUT2D eigenvalue weighted by Gasteiger charge is 2.14. The predicted molar refractivity (Wildman–Crippen MR) is 84.6 cm³/mol. The number of H-pyrrole nitrogens is 1. The highest BCUT2D eigenvalue weighted by atomic mass is 35.5. The van der Waals surface area contributed by atoms with Crippen molar-refractivity contribution in [3.8, 4) is 0 Å². The van der Waals surface area contributed by atoms with Crippen LogP contribution in [0.3, 0.4) is 0 Å². The van der Waals surface area contributed by atoms with Crippen LogP contribution in [-0.4, -0.2) is 16.1 Å². The maximum Gasteiger partial charge on any atom is 0.276 e. The number of hydrogen-bond donors (Lipinski definition) is 3. The number of nitrogens with zero attached hydrogens (tertiary/aromatic N) is 1. The second-order valence-electron chi connectivity index (χ2n) is 4.80. The van der Waals surface area contributed by atoms with Gasteiger partial charge in [0.1, 0.15) is 0 Å². The number of nitrogens with one attached hydrogen (secondary N) is 2. The zero-order chi connectivity index (χ0) is 15.0. The first-order chi connectivity index (χ1) is 10.0. The number of hydrogen-bond acceptors (Lipinski definition) is 3. The van der Waals surface area contributed by atoms with E-state index in [-0.39, 0.29) is 5.91 Å². The molecule has 0 fully saturated rings. The molecule has 0 aliphatic heterocycles. The lowest BCUT2D eigenvalue weighted by Crippen LogP contribution is -2.12. The second kappa shape index (κ2) is 5.10. The Bertz CT molecular complexity index is 841. The molecule has 4 N–H and O–H groups in total. The molecule has 1 heterocycles. The fourth-order valence-corrected chi connectivity index (χ4v) is 2.25. The number of nitrogen functional groups attached to an aromatic ring is 1. The molecular formula is C15H13ClN4O. The van der Waals surface area contributed by atoms with Crippen LogP contribution in [-0.2, 0) is 0 Å². The third-order valence-corrected chi connectivity index (χ3v) is 3.64. The van der Waals surface area contributed by atoms with Crippen LogP contribution in [0.2, 0.25) is 5.02 Å². The molecule has 0 unspecified atom stereocenters. The largest absolute Gasteiger partial charge is 0.399 e. The van der Waals surface area contributed by atoms with E-state index in [4.69, 9.17) is 17.3 Å². The highest BCUT2D eigenvalue weighted by molar-refractivity contribution is 6.31. The van der Waals surface area contributed by atoms with Crippen molar-refractivity contribution in [3.05, 3.63) is 52.7 Å². The third-order valence-electron chi connectivity index (χ3n) is 3.23. The van der Waals surface area contributed by atoms with Gasteiger partial charge in [0.25, 0.3) is 5.91 Å². The number of aryl methyl sites for hydroxylation is 1. The number of carbonyl (C=O) groups excluding carboxylic acids is 1. The van der Waals surface area contributed by atoms with E-state index < -0.39 is 0 Å². The predicted octanol–water partition coefficient (Wildman–Crippen LogP) is 3.36. The summed E-state index contributed by atoms with van der Waals surface area (Å²) in [6.45, 7) is 1.90. The minimum Gasteiger partial charge on any atom is -0.399 e. The number of halogens is 1. The van der Waals surface area contributed by atoms with Gasteiger partial charge < -0.3 is 11.1 Å². The standard InChI is InChI=1S/C15H13ClN4O/c1-8-2-4-10(7-12(8)16)18-15(21)14-11-6-9(17)3-5-13(11)19-20-14/h2-7H,17H2,1H3,(H,18,21)(H,19,20). The van der Waals surface area contributed by atoms with Gasteiger partial charge in [-0.05, 0) is 42.8 Å². The number of fused-ring (bicyclic) bond motifs is 1. The Morgan fingerprint density at radius 1 is 1.29 bits per heavy atom. The Kier molecular flexibility index (Phi) is 3.27. The summed E-state index contributed by atoms with van der Waals surface area (Å²) >= 11 is 6.05. The Morgan fingerprint density at radius 2 is 2.10 bits per heavy atom. The van der Waals surface area contributed by atoms with E-state index in [1.165, 1.54) is 0 Å². The first kappa shape index (κ1) is 13.5. The number of amides is 1. The van der Waals surface area contributed by atoms with E-state index >= 15 is 0 Å². The molecule has 0 atom stereocenters. The number of anilines is 2. The first-order valence-electron chi connectivity index (χ1n) is 6.36. The normalized spacial score (nSPS) is 10.8. The van der Waals surface area contributed by atoms with E-state index in [0.717, 1.165) is 11.1 Å². The fraction of sp³-hybridized carbons (Fsp3) is 0.0667. The van der Waals surface area contributed by atoms with Crippen molar-refractivity contribution in [2.24, 2.45) is 0 Å². The summed E-state index contributed by atoms with van der Waals surface area (Å²) in [6.07, 6.45) is 0. The summed E-state index contributed by atoms with van der Waals surface area (Å²) in [5, 5.41) is 10.9. The number of nitrogens with two attached hydrogens (primary N) is 1. The van der Waals surface area contributed by atoms with Crippen molar-refractivity contribution in [3.63, 3.8) is 0 Å². The average Bonchev–Trinajstić information content (AvgIpc) is 2.86. The number of benzene rings is 2. The minimum atomic E-state index is -0.313. The highest BCUT2D eigenvalue weighted by Crippen LogP contribution is 2.22. The first-order valence-corrected chi connectivity index (χ1v) is 6.73. The van der Waals surface area contributed by atoms with E-state index in [2.05, 4.69) is 15.5 Å². The molecule has 6 heteroatoms. The van der Waals surface area contributed by atoms with Crippen molar-refractivity contribution in [1.82, 2.24) is 10.2 Å². The molecule has 2 aromatic carbocycles. The minimum absolute atomic E-state index is 0.300. The molecule has 3 aromatic rings. The molecule has 0 spiro atoms. The topological polar surface area (TPSA) is 83.8 Å². The SMILES string of the molecule is Cc1ccc(NC(=O)c2n[nH]c3ccc(N)cc23)cc1Cl. The molecule has 106 valence electrons. The quantitative estimate of drug-likeness (QED) is 0.634. The van der Waals surface area contributed by atoms with Gasteiger partial charge in [-0.15, -0.1) is 0 Å². The summed E-state index contributed by atoms with van der Waals surface area (Å²) < 4.78 is 0. The Labute approximate surface area is 126 Å². The number of rotatable bonds is 2. The zero-order valence-corrected chi connectivity index (χ0v) is 12.0. The molecule has 0 aliphatic carbocycles. The van der Waals surface area contributed by atoms with Crippen LogP contribution >= 0.6 is 11.6 Å². The fourth-order valence-electron chi connectivity index (χ4n) is 2.07. The van der Waals surface area contributed by atoms with Crippen LogP contribution in [0.25, 0.3) is 10.9 Å². The maximum absolute atomic E-state index is 12.3. The van der Waals surface area contributed by atoms with Gasteiger partial charge in [0.05, 0.1) is 5.52 Å². The van der Waals surface area contributed by atoms with Gasteiger partial charge in [-0.25, -0.2) is 0 Å². The lowest BCUT2D eigenvalue weighted by atomic mass is 10.1. The average molecular weight is 301 g/mol. The lowest BCUT2D eigenvalue weighted by molar-refractivity contribution is 0.102. The van der Waals surface area contributed by atoms with Crippen LogP contribution in [0.1, 0.15) is 16.1 Å². The smallest absolute Gasteiger partial charge is 0.276 e. The van der Waals surface area contributed by atoms with Gasteiger partial charge in [-0.2, -0.15) is 5.10 Å². The second-order valence-corrected chi connectivity index (χ2v) is 5.20. The van der Waals surface area contributed by atoms with Crippen LogP contribution in [0.5, 0.6) is 0 Å². The Hall–Kier alpha value is -2.53. The van der Waals surface area contributed by atoms with Crippen molar-refractivity contribution in [2.45, 2.75) is 6.92 Å². The van der Waals surface area contributed by atoms with Crippen molar-refractivity contribution < 1.29 is 4.79 Å². The zero-order valence-electron chi connectivity index (χ0n) is 11.3. The summed E-state index contributed by atoms with van der Waals surface area (Å²) in [5.74, 6) is -0.313. The Balaban J connectivity index is 1.93. The molecule has 5 nitrogen and oxygen atoms in total. The molecule has 0 saturated carbocycles. The monoisotopic (exact) mass is 300 g/mol. The number of aromatic nitrogens is 2. The van der Waals surface area contributed by atoms with E-state index in [1.54, 1.807) is 30.3 Å². The van der Waals surface area contributed by atoms with Gasteiger partial charge in [0, 0.05) is 21.8 Å². The lowest BCUT2D eigenvalue weighted by Gasteiger charge is -2.05. The van der Waals surface area contributed by atoms with Gasteiger partial charge in [-0.1, -0.05) is 17.7 Å². The van der Waals surface area contributed by atoms with Crippen LogP contribution in [0, 0.1) is 6.92 Å². The number of carbonyl (C=O) groups is 1. The molecule has 0 aliphatic rings. The summed E-state index contributed by atoms with van der Waals surface area (Å²) in [6, 6.07) is 10.6. The van der Waals surface area contributed by atoms with Gasteiger partial charge >= 0.3 is 0 Å². The van der Waals surface area contributed by atoms with Crippen LogP contribution in [0.4, 0.5) is 11.4 Å². The van der Waals surface area contributed by atoms with Crippen LogP contribution < -0.4 is 11.1 Å². The summed E-state index contributed by atoms with van der Waals surface area (Å²) in [5.41, 5.74) is 8.96. The molecule has 0 saturated heterocycles.